The standard InChI is InChI=1S/C14H15FN4.C3H8/c1-19-14(18)11-7-6-10(12(15)13(11)17)8-2-4-9(16)5-3-8;1-3-2/h2-7H,16-17H2,1H3,(H2,18,19);3H2,1-2H3. The van der Waals surface area contributed by atoms with Gasteiger partial charge >= 0.3 is 0 Å². The van der Waals surface area contributed by atoms with Crippen LogP contribution in [0.1, 0.15) is 25.8 Å². The summed E-state index contributed by atoms with van der Waals surface area (Å²) in [5.41, 5.74) is 19.2. The van der Waals surface area contributed by atoms with Crippen LogP contribution in [0.15, 0.2) is 41.4 Å². The highest BCUT2D eigenvalue weighted by molar-refractivity contribution is 6.02. The minimum Gasteiger partial charge on any atom is -0.399 e. The number of nitrogen functional groups attached to an aromatic ring is 2. The molecule has 5 heteroatoms. The molecule has 0 aromatic heterocycles. The van der Waals surface area contributed by atoms with Crippen LogP contribution in [0.25, 0.3) is 11.1 Å². The van der Waals surface area contributed by atoms with Crippen LogP contribution in [0.3, 0.4) is 0 Å². The van der Waals surface area contributed by atoms with Gasteiger partial charge in [-0.15, -0.1) is 0 Å². The number of nitrogens with two attached hydrogens (primary N) is 3. The van der Waals surface area contributed by atoms with E-state index in [-0.39, 0.29) is 11.5 Å². The molecule has 0 aliphatic rings. The van der Waals surface area contributed by atoms with Crippen molar-refractivity contribution in [2.24, 2.45) is 10.7 Å². The first kappa shape index (κ1) is 17.5. The second-order valence-electron chi connectivity index (χ2n) is 4.83. The van der Waals surface area contributed by atoms with Crippen molar-refractivity contribution >= 4 is 17.2 Å². The van der Waals surface area contributed by atoms with Crippen molar-refractivity contribution < 1.29 is 4.39 Å². The smallest absolute Gasteiger partial charge is 0.154 e. The van der Waals surface area contributed by atoms with Crippen LogP contribution in [-0.2, 0) is 0 Å². The molecule has 0 saturated heterocycles. The molecule has 118 valence electrons. The Kier molecular flexibility index (Phi) is 6.38. The van der Waals surface area contributed by atoms with Gasteiger partial charge in [0.2, 0.25) is 0 Å². The fourth-order valence-corrected chi connectivity index (χ4v) is 1.82. The van der Waals surface area contributed by atoms with Crippen molar-refractivity contribution in [3.8, 4) is 11.1 Å². The zero-order chi connectivity index (χ0) is 16.7. The van der Waals surface area contributed by atoms with Crippen molar-refractivity contribution in [1.29, 1.82) is 0 Å². The molecule has 0 saturated carbocycles. The van der Waals surface area contributed by atoms with Gasteiger partial charge in [0.15, 0.2) is 5.82 Å². The van der Waals surface area contributed by atoms with E-state index in [2.05, 4.69) is 18.8 Å². The SMILES string of the molecule is CCC.CN=C(N)c1ccc(-c2ccc(N)cc2)c(F)c1N. The molecule has 0 heterocycles. The van der Waals surface area contributed by atoms with E-state index in [1.807, 2.05) is 0 Å². The summed E-state index contributed by atoms with van der Waals surface area (Å²) in [4.78, 5) is 3.81. The summed E-state index contributed by atoms with van der Waals surface area (Å²) in [7, 11) is 1.53. The summed E-state index contributed by atoms with van der Waals surface area (Å²) in [6.07, 6.45) is 1.25. The highest BCUT2D eigenvalue weighted by Gasteiger charge is 2.13. The van der Waals surface area contributed by atoms with Crippen molar-refractivity contribution in [2.45, 2.75) is 20.3 Å². The number of aliphatic imine (C=N–C) groups is 1. The molecule has 6 N–H and O–H groups in total. The largest absolute Gasteiger partial charge is 0.399 e. The summed E-state index contributed by atoms with van der Waals surface area (Å²) in [5.74, 6) is -0.297. The molecule has 0 aliphatic carbocycles. The first-order valence-electron chi connectivity index (χ1n) is 7.12. The Hall–Kier alpha value is -2.56. The number of hydrogen-bond acceptors (Lipinski definition) is 3. The highest BCUT2D eigenvalue weighted by atomic mass is 19.1. The van der Waals surface area contributed by atoms with Crippen LogP contribution in [-0.4, -0.2) is 12.9 Å². The predicted octanol–water partition coefficient (Wildman–Crippen LogP) is 3.41. The monoisotopic (exact) mass is 302 g/mol. The lowest BCUT2D eigenvalue weighted by Gasteiger charge is -2.10. The number of anilines is 2. The van der Waals surface area contributed by atoms with Gasteiger partial charge in [-0.1, -0.05) is 38.5 Å². The molecule has 0 amide bonds. The third-order valence-corrected chi connectivity index (χ3v) is 2.92. The third kappa shape index (κ3) is 3.97. The van der Waals surface area contributed by atoms with Crippen LogP contribution in [0.2, 0.25) is 0 Å². The van der Waals surface area contributed by atoms with Gasteiger partial charge in [-0.05, 0) is 23.8 Å². The lowest BCUT2D eigenvalue weighted by molar-refractivity contribution is 0.635. The van der Waals surface area contributed by atoms with Crippen LogP contribution >= 0.6 is 0 Å². The van der Waals surface area contributed by atoms with Gasteiger partial charge in [-0.3, -0.25) is 4.99 Å². The van der Waals surface area contributed by atoms with E-state index in [0.717, 1.165) is 0 Å². The van der Waals surface area contributed by atoms with E-state index in [1.54, 1.807) is 36.4 Å². The summed E-state index contributed by atoms with van der Waals surface area (Å²) < 4.78 is 14.3. The number of halogens is 1. The first-order chi connectivity index (χ1) is 10.5. The molecule has 0 unspecified atom stereocenters. The molecule has 2 aromatic carbocycles. The molecule has 2 rings (SSSR count). The van der Waals surface area contributed by atoms with Crippen LogP contribution < -0.4 is 17.2 Å². The van der Waals surface area contributed by atoms with Crippen LogP contribution in [0.5, 0.6) is 0 Å². The summed E-state index contributed by atoms with van der Waals surface area (Å²) in [5, 5.41) is 0. The molecule has 0 spiro atoms. The van der Waals surface area contributed by atoms with Gasteiger partial charge in [-0.2, -0.15) is 0 Å². The third-order valence-electron chi connectivity index (χ3n) is 2.92. The molecular formula is C17H23FN4. The zero-order valence-electron chi connectivity index (χ0n) is 13.2. The molecule has 0 bridgehead atoms. The van der Waals surface area contributed by atoms with Gasteiger partial charge < -0.3 is 17.2 Å². The molecule has 0 radical (unpaired) electrons. The normalized spacial score (nSPS) is 10.8. The predicted molar refractivity (Wildman–Crippen MR) is 93.3 cm³/mol. The number of nitrogens with zero attached hydrogens (tertiary/aromatic N) is 1. The van der Waals surface area contributed by atoms with Crippen LogP contribution in [0.4, 0.5) is 15.8 Å². The number of amidine groups is 1. The Morgan fingerprint density at radius 2 is 1.59 bits per heavy atom. The van der Waals surface area contributed by atoms with Crippen LogP contribution in [0, 0.1) is 5.82 Å². The quantitative estimate of drug-likeness (QED) is 0.451. The van der Waals surface area contributed by atoms with E-state index in [0.29, 0.717) is 22.4 Å². The maximum Gasteiger partial charge on any atom is 0.154 e. The lowest BCUT2D eigenvalue weighted by Crippen LogP contribution is -2.16. The average molecular weight is 302 g/mol. The Morgan fingerprint density at radius 1 is 1.05 bits per heavy atom. The lowest BCUT2D eigenvalue weighted by atomic mass is 10.0. The van der Waals surface area contributed by atoms with Gasteiger partial charge in [0.1, 0.15) is 5.84 Å². The number of benzene rings is 2. The fraction of sp³-hybridized carbons (Fsp3) is 0.235. The molecule has 4 nitrogen and oxygen atoms in total. The minimum absolute atomic E-state index is 0.00238. The molecular weight excluding hydrogens is 279 g/mol. The Balaban J connectivity index is 0.000000745. The first-order valence-corrected chi connectivity index (χ1v) is 7.12. The molecule has 2 aromatic rings. The second-order valence-corrected chi connectivity index (χ2v) is 4.83. The molecule has 22 heavy (non-hydrogen) atoms. The number of rotatable bonds is 2. The van der Waals surface area contributed by atoms with Crippen molar-refractivity contribution in [1.82, 2.24) is 0 Å². The van der Waals surface area contributed by atoms with E-state index in [1.165, 1.54) is 13.5 Å². The zero-order valence-corrected chi connectivity index (χ0v) is 13.2. The maximum absolute atomic E-state index is 14.3. The van der Waals surface area contributed by atoms with Gasteiger partial charge in [0, 0.05) is 23.9 Å². The van der Waals surface area contributed by atoms with E-state index < -0.39 is 5.82 Å². The summed E-state index contributed by atoms with van der Waals surface area (Å²) in [6, 6.07) is 10.2. The second kappa shape index (κ2) is 8.02. The maximum atomic E-state index is 14.3. The Bertz CT molecular complexity index is 648. The van der Waals surface area contributed by atoms with E-state index >= 15 is 0 Å². The van der Waals surface area contributed by atoms with Crippen molar-refractivity contribution in [2.75, 3.05) is 18.5 Å². The topological polar surface area (TPSA) is 90.4 Å². The van der Waals surface area contributed by atoms with Gasteiger partial charge in [0.25, 0.3) is 0 Å². The Labute approximate surface area is 130 Å². The van der Waals surface area contributed by atoms with E-state index in [9.17, 15) is 4.39 Å². The fourth-order valence-electron chi connectivity index (χ4n) is 1.82. The summed E-state index contributed by atoms with van der Waals surface area (Å²) >= 11 is 0. The van der Waals surface area contributed by atoms with Crippen molar-refractivity contribution in [3.05, 3.63) is 47.8 Å². The van der Waals surface area contributed by atoms with E-state index in [4.69, 9.17) is 17.2 Å². The summed E-state index contributed by atoms with van der Waals surface area (Å²) in [6.45, 7) is 4.25. The van der Waals surface area contributed by atoms with Crippen molar-refractivity contribution in [3.63, 3.8) is 0 Å². The Morgan fingerprint density at radius 3 is 2.09 bits per heavy atom. The molecule has 0 aliphatic heterocycles. The van der Waals surface area contributed by atoms with Gasteiger partial charge in [-0.25, -0.2) is 4.39 Å². The molecule has 0 fully saturated rings. The number of hydrogen-bond donors (Lipinski definition) is 3. The molecule has 0 atom stereocenters. The van der Waals surface area contributed by atoms with Gasteiger partial charge in [0.05, 0.1) is 5.69 Å². The minimum atomic E-state index is -0.506. The highest BCUT2D eigenvalue weighted by Crippen LogP contribution is 2.29. The average Bonchev–Trinajstić information content (AvgIpc) is 2.51.